The number of methoxy groups -OCH3 is 1. The summed E-state index contributed by atoms with van der Waals surface area (Å²) < 4.78 is 8.34. The van der Waals surface area contributed by atoms with Crippen molar-refractivity contribution in [2.45, 2.75) is 40.7 Å². The molecular weight excluding hydrogens is 398 g/mol. The third-order valence-corrected chi connectivity index (χ3v) is 6.28. The summed E-state index contributed by atoms with van der Waals surface area (Å²) in [5.41, 5.74) is 2.21. The molecule has 0 bridgehead atoms. The third kappa shape index (κ3) is 4.49. The highest BCUT2D eigenvalue weighted by atomic mass is 32.1. The molecule has 0 aliphatic rings. The van der Waals surface area contributed by atoms with Crippen molar-refractivity contribution in [3.8, 4) is 5.75 Å². The molecule has 0 saturated heterocycles. The first-order chi connectivity index (χ1) is 14.4. The molecule has 162 valence electrons. The van der Waals surface area contributed by atoms with Gasteiger partial charge in [-0.15, -0.1) is 0 Å². The van der Waals surface area contributed by atoms with E-state index in [2.05, 4.69) is 37.7 Å². The number of amides is 1. The zero-order chi connectivity index (χ0) is 21.8. The number of ether oxygens (including phenoxy) is 1. The summed E-state index contributed by atoms with van der Waals surface area (Å²) in [6.45, 7) is 13.6. The fourth-order valence-electron chi connectivity index (χ4n) is 3.51. The number of carbonyl (C=O) groups excluding carboxylic acids is 1. The van der Waals surface area contributed by atoms with Gasteiger partial charge in [-0.25, -0.2) is 4.98 Å². The lowest BCUT2D eigenvalue weighted by atomic mass is 10.3. The van der Waals surface area contributed by atoms with Crippen LogP contribution in [0.4, 0.5) is 5.13 Å². The molecule has 2 aromatic heterocycles. The number of likely N-dealkylation sites (N-methyl/N-ethyl adjacent to an activating group) is 1. The number of anilines is 1. The fraction of sp³-hybridized carbons (Fsp3) is 0.500. The Morgan fingerprint density at radius 2 is 1.97 bits per heavy atom. The first kappa shape index (κ1) is 22.2. The summed E-state index contributed by atoms with van der Waals surface area (Å²) >= 11 is 1.50. The van der Waals surface area contributed by atoms with Crippen LogP contribution in [0.25, 0.3) is 10.2 Å². The maximum Gasteiger partial charge on any atom is 0.280 e. The molecule has 0 atom stereocenters. The number of aryl methyl sites for hydroxylation is 1. The Hall–Kier alpha value is -2.45. The SMILES string of the molecule is CCN(CC)CCN(C(=O)c1cc(C)n(C(C)C)n1)c1nc2c(OC)cccc2s1. The van der Waals surface area contributed by atoms with Gasteiger partial charge in [-0.3, -0.25) is 14.4 Å². The molecule has 8 heteroatoms. The van der Waals surface area contributed by atoms with Crippen LogP contribution < -0.4 is 9.64 Å². The number of carbonyl (C=O) groups is 1. The van der Waals surface area contributed by atoms with Gasteiger partial charge in [0.2, 0.25) is 0 Å². The fourth-order valence-corrected chi connectivity index (χ4v) is 4.52. The Kier molecular flexibility index (Phi) is 7.10. The number of thiazole rings is 1. The van der Waals surface area contributed by atoms with E-state index < -0.39 is 0 Å². The van der Waals surface area contributed by atoms with Crippen LogP contribution >= 0.6 is 11.3 Å². The van der Waals surface area contributed by atoms with Gasteiger partial charge in [0.1, 0.15) is 11.3 Å². The van der Waals surface area contributed by atoms with Crippen LogP contribution in [0, 0.1) is 6.92 Å². The Labute approximate surface area is 182 Å². The van der Waals surface area contributed by atoms with E-state index in [0.29, 0.717) is 23.1 Å². The van der Waals surface area contributed by atoms with Crippen LogP contribution in [0.3, 0.4) is 0 Å². The Bertz CT molecular complexity index is 1010. The number of hydrogen-bond acceptors (Lipinski definition) is 6. The van der Waals surface area contributed by atoms with Crippen molar-refractivity contribution in [3.05, 3.63) is 35.7 Å². The predicted octanol–water partition coefficient (Wildman–Crippen LogP) is 4.38. The quantitative estimate of drug-likeness (QED) is 0.505. The largest absolute Gasteiger partial charge is 0.494 e. The van der Waals surface area contributed by atoms with Crippen molar-refractivity contribution in [3.63, 3.8) is 0 Å². The summed E-state index contributed by atoms with van der Waals surface area (Å²) in [5.74, 6) is 0.591. The Balaban J connectivity index is 2.00. The third-order valence-electron chi connectivity index (χ3n) is 5.23. The number of nitrogens with zero attached hydrogens (tertiary/aromatic N) is 5. The molecule has 0 aliphatic heterocycles. The second-order valence-electron chi connectivity index (χ2n) is 7.50. The smallest absolute Gasteiger partial charge is 0.280 e. The minimum atomic E-state index is -0.123. The zero-order valence-electron chi connectivity index (χ0n) is 18.7. The average Bonchev–Trinajstić information content (AvgIpc) is 3.34. The summed E-state index contributed by atoms with van der Waals surface area (Å²) in [7, 11) is 1.64. The summed E-state index contributed by atoms with van der Waals surface area (Å²) in [6.07, 6.45) is 0. The number of para-hydroxylation sites is 1. The molecule has 2 heterocycles. The van der Waals surface area contributed by atoms with Crippen molar-refractivity contribution < 1.29 is 9.53 Å². The zero-order valence-corrected chi connectivity index (χ0v) is 19.5. The normalized spacial score (nSPS) is 11.6. The first-order valence-electron chi connectivity index (χ1n) is 10.4. The molecule has 0 unspecified atom stereocenters. The van der Waals surface area contributed by atoms with Gasteiger partial charge in [0.25, 0.3) is 5.91 Å². The number of fused-ring (bicyclic) bond motifs is 1. The molecular formula is C22H31N5O2S. The predicted molar refractivity (Wildman–Crippen MR) is 123 cm³/mol. The molecule has 1 aromatic carbocycles. The minimum Gasteiger partial charge on any atom is -0.494 e. The molecule has 0 aliphatic carbocycles. The van der Waals surface area contributed by atoms with Gasteiger partial charge < -0.3 is 9.64 Å². The molecule has 0 spiro atoms. The first-order valence-corrected chi connectivity index (χ1v) is 11.2. The van der Waals surface area contributed by atoms with Crippen molar-refractivity contribution in [1.29, 1.82) is 0 Å². The summed E-state index contributed by atoms with van der Waals surface area (Å²) in [5, 5.41) is 5.24. The molecule has 3 rings (SSSR count). The number of aromatic nitrogens is 3. The highest BCUT2D eigenvalue weighted by molar-refractivity contribution is 7.22. The molecule has 3 aromatic rings. The van der Waals surface area contributed by atoms with Gasteiger partial charge in [0.05, 0.1) is 11.8 Å². The lowest BCUT2D eigenvalue weighted by Gasteiger charge is -2.24. The van der Waals surface area contributed by atoms with Crippen molar-refractivity contribution in [2.24, 2.45) is 0 Å². The Morgan fingerprint density at radius 1 is 1.23 bits per heavy atom. The van der Waals surface area contributed by atoms with Gasteiger partial charge >= 0.3 is 0 Å². The number of benzene rings is 1. The van der Waals surface area contributed by atoms with E-state index in [4.69, 9.17) is 9.72 Å². The van der Waals surface area contributed by atoms with E-state index in [9.17, 15) is 4.79 Å². The van der Waals surface area contributed by atoms with E-state index >= 15 is 0 Å². The van der Waals surface area contributed by atoms with Gasteiger partial charge in [-0.1, -0.05) is 31.3 Å². The van der Waals surface area contributed by atoms with Crippen LogP contribution in [0.15, 0.2) is 24.3 Å². The van der Waals surface area contributed by atoms with Crippen LogP contribution in [-0.2, 0) is 0 Å². The summed E-state index contributed by atoms with van der Waals surface area (Å²) in [6, 6.07) is 7.90. The summed E-state index contributed by atoms with van der Waals surface area (Å²) in [4.78, 5) is 22.3. The molecule has 0 radical (unpaired) electrons. The number of rotatable bonds is 9. The van der Waals surface area contributed by atoms with Crippen molar-refractivity contribution in [1.82, 2.24) is 19.7 Å². The van der Waals surface area contributed by atoms with Crippen molar-refractivity contribution >= 4 is 32.6 Å². The van der Waals surface area contributed by atoms with Crippen molar-refractivity contribution in [2.75, 3.05) is 38.2 Å². The van der Waals surface area contributed by atoms with E-state index in [1.807, 2.05) is 35.9 Å². The standard InChI is InChI=1S/C22H31N5O2S/c1-7-25(8-2)12-13-26(21(28)17-14-16(5)27(24-17)15(3)4)22-23-20-18(29-6)10-9-11-19(20)30-22/h9-11,14-15H,7-8,12-13H2,1-6H3. The van der Waals surface area contributed by atoms with Crippen LogP contribution in [0.1, 0.15) is 49.9 Å². The minimum absolute atomic E-state index is 0.123. The second kappa shape index (κ2) is 9.57. The Morgan fingerprint density at radius 3 is 2.57 bits per heavy atom. The van der Waals surface area contributed by atoms with Crippen LogP contribution in [0.5, 0.6) is 5.75 Å². The monoisotopic (exact) mass is 429 g/mol. The van der Waals surface area contributed by atoms with E-state index in [0.717, 1.165) is 35.5 Å². The second-order valence-corrected chi connectivity index (χ2v) is 8.51. The molecule has 1 amide bonds. The molecule has 30 heavy (non-hydrogen) atoms. The molecule has 7 nitrogen and oxygen atoms in total. The maximum absolute atomic E-state index is 13.5. The van der Waals surface area contributed by atoms with E-state index in [-0.39, 0.29) is 11.9 Å². The number of hydrogen-bond donors (Lipinski definition) is 0. The van der Waals surface area contributed by atoms with E-state index in [1.165, 1.54) is 11.3 Å². The van der Waals surface area contributed by atoms with E-state index in [1.54, 1.807) is 12.0 Å². The maximum atomic E-state index is 13.5. The molecule has 0 N–H and O–H groups in total. The van der Waals surface area contributed by atoms with Gasteiger partial charge in [-0.05, 0) is 52.1 Å². The van der Waals surface area contributed by atoms with Gasteiger partial charge in [0, 0.05) is 24.8 Å². The van der Waals surface area contributed by atoms with Crippen LogP contribution in [0.2, 0.25) is 0 Å². The highest BCUT2D eigenvalue weighted by Gasteiger charge is 2.25. The van der Waals surface area contributed by atoms with Gasteiger partial charge in [0.15, 0.2) is 10.8 Å². The highest BCUT2D eigenvalue weighted by Crippen LogP contribution is 2.34. The molecule has 0 fully saturated rings. The lowest BCUT2D eigenvalue weighted by molar-refractivity contribution is 0.0978. The molecule has 0 saturated carbocycles. The average molecular weight is 430 g/mol. The lowest BCUT2D eigenvalue weighted by Crippen LogP contribution is -2.39. The topological polar surface area (TPSA) is 63.5 Å². The van der Waals surface area contributed by atoms with Crippen LogP contribution in [-0.4, -0.2) is 58.9 Å². The van der Waals surface area contributed by atoms with Gasteiger partial charge in [-0.2, -0.15) is 5.10 Å².